The van der Waals surface area contributed by atoms with Gasteiger partial charge in [-0.05, 0) is 20.8 Å². The Morgan fingerprint density at radius 2 is 1.00 bits per heavy atom. The van der Waals surface area contributed by atoms with E-state index in [0.717, 1.165) is 0 Å². The minimum absolute atomic E-state index is 1.11. The fourth-order valence-electron chi connectivity index (χ4n) is 0.579. The van der Waals surface area contributed by atoms with Crippen LogP contribution in [-0.4, -0.2) is 41.5 Å². The van der Waals surface area contributed by atoms with Crippen LogP contribution in [0.3, 0.4) is 0 Å². The topological polar surface area (TPSA) is 88.4 Å². The molecule has 0 aromatic rings. The smallest absolute Gasteiger partial charge is 0.369 e. The van der Waals surface area contributed by atoms with Gasteiger partial charge in [-0.3, -0.25) is 0 Å². The fourth-order valence-corrected chi connectivity index (χ4v) is 0.579. The summed E-state index contributed by atoms with van der Waals surface area (Å²) in [6.07, 6.45) is -3.33. The monoisotopic (exact) mass is 194 g/mol. The quantitative estimate of drug-likeness (QED) is 0.372. The number of hydrogen-bond acceptors (Lipinski definition) is 6. The van der Waals surface area contributed by atoms with Crippen molar-refractivity contribution in [3.05, 3.63) is 0 Å². The van der Waals surface area contributed by atoms with Gasteiger partial charge in [0.25, 0.3) is 0 Å². The van der Waals surface area contributed by atoms with Gasteiger partial charge in [-0.2, -0.15) is 0 Å². The Morgan fingerprint density at radius 3 is 1.15 bits per heavy atom. The van der Waals surface area contributed by atoms with E-state index in [-0.39, 0.29) is 0 Å². The average Bonchev–Trinajstić information content (AvgIpc) is 1.80. The molecule has 0 bridgehead atoms. The summed E-state index contributed by atoms with van der Waals surface area (Å²) in [5.41, 5.74) is 0. The van der Waals surface area contributed by atoms with E-state index in [2.05, 4.69) is 14.0 Å². The maximum absolute atomic E-state index is 8.80. The summed E-state index contributed by atoms with van der Waals surface area (Å²) >= 11 is 0. The number of aliphatic hydroxyl groups excluding tert-OH is 3. The van der Waals surface area contributed by atoms with E-state index in [1.165, 1.54) is 20.8 Å². The first-order valence-electron chi connectivity index (χ1n) is 3.92. The SMILES string of the molecule is CC(O)OB(OC(C)O)OC(C)O. The summed E-state index contributed by atoms with van der Waals surface area (Å²) in [4.78, 5) is 0. The van der Waals surface area contributed by atoms with E-state index < -0.39 is 26.2 Å². The van der Waals surface area contributed by atoms with Gasteiger partial charge in [0.1, 0.15) is 18.9 Å². The third-order valence-electron chi connectivity index (χ3n) is 0.924. The van der Waals surface area contributed by atoms with Crippen molar-refractivity contribution < 1.29 is 29.3 Å². The highest BCUT2D eigenvalue weighted by Gasteiger charge is 2.27. The second kappa shape index (κ2) is 6.30. The summed E-state index contributed by atoms with van der Waals surface area (Å²) in [7, 11) is -1.29. The number of hydrogen-bond donors (Lipinski definition) is 3. The van der Waals surface area contributed by atoms with E-state index in [4.69, 9.17) is 15.3 Å². The second-order valence-electron chi connectivity index (χ2n) is 2.49. The van der Waals surface area contributed by atoms with Gasteiger partial charge in [-0.1, -0.05) is 0 Å². The molecule has 0 aliphatic heterocycles. The molecule has 0 saturated heterocycles. The van der Waals surface area contributed by atoms with Crippen molar-refractivity contribution in [1.82, 2.24) is 0 Å². The Bertz CT molecular complexity index is 105. The lowest BCUT2D eigenvalue weighted by Crippen LogP contribution is -2.36. The van der Waals surface area contributed by atoms with Crippen LogP contribution in [-0.2, 0) is 14.0 Å². The Labute approximate surface area is 77.2 Å². The van der Waals surface area contributed by atoms with Gasteiger partial charge in [-0.15, -0.1) is 0 Å². The molecule has 0 aliphatic carbocycles. The van der Waals surface area contributed by atoms with Gasteiger partial charge >= 0.3 is 7.32 Å². The molecule has 0 aromatic carbocycles. The molecule has 0 aromatic heterocycles. The molecular weight excluding hydrogens is 179 g/mol. The Morgan fingerprint density at radius 1 is 0.769 bits per heavy atom. The van der Waals surface area contributed by atoms with Crippen LogP contribution in [0.2, 0.25) is 0 Å². The van der Waals surface area contributed by atoms with Crippen molar-refractivity contribution in [2.75, 3.05) is 0 Å². The second-order valence-corrected chi connectivity index (χ2v) is 2.49. The van der Waals surface area contributed by atoms with Crippen LogP contribution >= 0.6 is 0 Å². The van der Waals surface area contributed by atoms with Gasteiger partial charge < -0.3 is 29.3 Å². The zero-order chi connectivity index (χ0) is 10.4. The van der Waals surface area contributed by atoms with E-state index in [1.54, 1.807) is 0 Å². The van der Waals surface area contributed by atoms with Crippen molar-refractivity contribution >= 4 is 7.32 Å². The summed E-state index contributed by atoms with van der Waals surface area (Å²) < 4.78 is 14.0. The minimum atomic E-state index is -1.29. The molecule has 0 aliphatic rings. The summed E-state index contributed by atoms with van der Waals surface area (Å²) in [5, 5.41) is 26.4. The van der Waals surface area contributed by atoms with Crippen LogP contribution in [0.4, 0.5) is 0 Å². The van der Waals surface area contributed by atoms with Crippen molar-refractivity contribution in [2.24, 2.45) is 0 Å². The molecular formula is C6H15BO6. The highest BCUT2D eigenvalue weighted by atomic mass is 16.8. The normalized spacial score (nSPS) is 18.0. The van der Waals surface area contributed by atoms with Crippen molar-refractivity contribution in [1.29, 1.82) is 0 Å². The maximum atomic E-state index is 8.80. The molecule has 0 amide bonds. The van der Waals surface area contributed by atoms with Gasteiger partial charge in [0.05, 0.1) is 0 Å². The summed E-state index contributed by atoms with van der Waals surface area (Å²) in [6.45, 7) is 4.05. The van der Waals surface area contributed by atoms with Crippen LogP contribution in [0, 0.1) is 0 Å². The van der Waals surface area contributed by atoms with Gasteiger partial charge in [0, 0.05) is 0 Å². The average molecular weight is 194 g/mol. The van der Waals surface area contributed by atoms with E-state index in [0.29, 0.717) is 0 Å². The first-order chi connectivity index (χ1) is 5.91. The first kappa shape index (κ1) is 12.8. The Kier molecular flexibility index (Phi) is 6.22. The van der Waals surface area contributed by atoms with Crippen molar-refractivity contribution in [3.8, 4) is 0 Å². The lowest BCUT2D eigenvalue weighted by molar-refractivity contribution is -0.124. The first-order valence-corrected chi connectivity index (χ1v) is 3.92. The predicted molar refractivity (Wildman–Crippen MR) is 44.1 cm³/mol. The summed E-state index contributed by atoms with van der Waals surface area (Å²) in [6, 6.07) is 0. The molecule has 3 atom stereocenters. The molecule has 7 heteroatoms. The molecule has 0 rings (SSSR count). The van der Waals surface area contributed by atoms with Crippen LogP contribution in [0.15, 0.2) is 0 Å². The van der Waals surface area contributed by atoms with Crippen molar-refractivity contribution in [3.63, 3.8) is 0 Å². The highest BCUT2D eigenvalue weighted by molar-refractivity contribution is 6.36. The lowest BCUT2D eigenvalue weighted by atomic mass is 10.2. The zero-order valence-corrected chi connectivity index (χ0v) is 7.88. The van der Waals surface area contributed by atoms with Gasteiger partial charge in [0.15, 0.2) is 0 Å². The Balaban J connectivity index is 3.87. The standard InChI is InChI=1S/C6H15BO6/c1-4(8)11-7(12-5(2)9)13-6(3)10/h4-6,8-10H,1-3H3. The van der Waals surface area contributed by atoms with E-state index >= 15 is 0 Å². The zero-order valence-electron chi connectivity index (χ0n) is 7.88. The number of aliphatic hydroxyl groups is 3. The highest BCUT2D eigenvalue weighted by Crippen LogP contribution is 2.01. The molecule has 0 spiro atoms. The molecule has 13 heavy (non-hydrogen) atoms. The van der Waals surface area contributed by atoms with Crippen LogP contribution in [0.1, 0.15) is 20.8 Å². The molecule has 0 heterocycles. The third-order valence-corrected chi connectivity index (χ3v) is 0.924. The lowest BCUT2D eigenvalue weighted by Gasteiger charge is -2.18. The predicted octanol–water partition coefficient (Wildman–Crippen LogP) is -0.964. The molecule has 0 fully saturated rings. The minimum Gasteiger partial charge on any atom is -0.369 e. The molecule has 78 valence electrons. The number of rotatable bonds is 6. The molecule has 6 nitrogen and oxygen atoms in total. The van der Waals surface area contributed by atoms with Gasteiger partial charge in [0.2, 0.25) is 0 Å². The van der Waals surface area contributed by atoms with E-state index in [9.17, 15) is 0 Å². The molecule has 0 saturated carbocycles. The largest absolute Gasteiger partial charge is 0.645 e. The van der Waals surface area contributed by atoms with Gasteiger partial charge in [-0.25, -0.2) is 0 Å². The molecule has 0 radical (unpaired) electrons. The maximum Gasteiger partial charge on any atom is 0.645 e. The van der Waals surface area contributed by atoms with Crippen LogP contribution < -0.4 is 0 Å². The Hall–Kier alpha value is -0.175. The van der Waals surface area contributed by atoms with E-state index in [1.807, 2.05) is 0 Å². The fraction of sp³-hybridized carbons (Fsp3) is 1.00. The molecule has 3 unspecified atom stereocenters. The van der Waals surface area contributed by atoms with Crippen molar-refractivity contribution in [2.45, 2.75) is 39.6 Å². The molecule has 3 N–H and O–H groups in total. The van der Waals surface area contributed by atoms with Crippen LogP contribution in [0.5, 0.6) is 0 Å². The third kappa shape index (κ3) is 8.16. The summed E-state index contributed by atoms with van der Waals surface area (Å²) in [5.74, 6) is 0. The van der Waals surface area contributed by atoms with Crippen LogP contribution in [0.25, 0.3) is 0 Å².